The Bertz CT molecular complexity index is 921. The standard InChI is InChI=1S/C17H16Cl3N5O/c1-2-15(25-10-13(19)8-21-25)17(26)22-16-5-6-24(23-16)9-11-3-4-12(18)7-14(11)20/h3-8,10,15H,2,9H2,1H3,(H,22,23,26). The Labute approximate surface area is 165 Å². The van der Waals surface area contributed by atoms with Crippen LogP contribution < -0.4 is 5.32 Å². The number of nitrogens with one attached hydrogen (secondary N) is 1. The zero-order chi connectivity index (χ0) is 18.7. The van der Waals surface area contributed by atoms with Gasteiger partial charge in [0.05, 0.1) is 17.8 Å². The molecule has 0 fully saturated rings. The summed E-state index contributed by atoms with van der Waals surface area (Å²) in [5.41, 5.74) is 0.884. The van der Waals surface area contributed by atoms with Crippen LogP contribution in [0.25, 0.3) is 0 Å². The van der Waals surface area contributed by atoms with Gasteiger partial charge >= 0.3 is 0 Å². The van der Waals surface area contributed by atoms with E-state index in [1.54, 1.807) is 40.0 Å². The van der Waals surface area contributed by atoms with E-state index in [0.717, 1.165) is 5.56 Å². The lowest BCUT2D eigenvalue weighted by Crippen LogP contribution is -2.26. The highest BCUT2D eigenvalue weighted by Crippen LogP contribution is 2.22. The van der Waals surface area contributed by atoms with E-state index in [9.17, 15) is 4.79 Å². The number of halogens is 3. The molecule has 1 aromatic carbocycles. The van der Waals surface area contributed by atoms with Crippen LogP contribution in [0.4, 0.5) is 5.82 Å². The number of hydrogen-bond donors (Lipinski definition) is 1. The predicted octanol–water partition coefficient (Wildman–Crippen LogP) is 4.68. The third-order valence-electron chi connectivity index (χ3n) is 3.82. The fraction of sp³-hybridized carbons (Fsp3) is 0.235. The van der Waals surface area contributed by atoms with E-state index in [1.807, 2.05) is 13.0 Å². The number of carbonyl (C=O) groups excluding carboxylic acids is 1. The van der Waals surface area contributed by atoms with Gasteiger partial charge in [0.1, 0.15) is 6.04 Å². The maximum absolute atomic E-state index is 12.5. The second-order valence-electron chi connectivity index (χ2n) is 5.69. The van der Waals surface area contributed by atoms with Crippen molar-refractivity contribution in [2.24, 2.45) is 0 Å². The molecule has 6 nitrogen and oxygen atoms in total. The molecule has 3 rings (SSSR count). The molecule has 0 bridgehead atoms. The molecule has 0 aliphatic rings. The smallest absolute Gasteiger partial charge is 0.250 e. The van der Waals surface area contributed by atoms with E-state index in [4.69, 9.17) is 34.8 Å². The summed E-state index contributed by atoms with van der Waals surface area (Å²) in [7, 11) is 0. The summed E-state index contributed by atoms with van der Waals surface area (Å²) in [6.07, 6.45) is 5.47. The van der Waals surface area contributed by atoms with Crippen LogP contribution in [-0.2, 0) is 11.3 Å². The molecule has 2 heterocycles. The number of aromatic nitrogens is 4. The first-order valence-electron chi connectivity index (χ1n) is 7.94. The normalized spacial score (nSPS) is 12.2. The van der Waals surface area contributed by atoms with E-state index in [0.29, 0.717) is 33.9 Å². The maximum atomic E-state index is 12.5. The Kier molecular flexibility index (Phi) is 5.86. The van der Waals surface area contributed by atoms with Crippen LogP contribution in [0.3, 0.4) is 0 Å². The molecule has 0 saturated carbocycles. The Hall–Kier alpha value is -2.02. The largest absolute Gasteiger partial charge is 0.307 e. The lowest BCUT2D eigenvalue weighted by molar-refractivity contribution is -0.119. The molecule has 0 saturated heterocycles. The number of anilines is 1. The van der Waals surface area contributed by atoms with Crippen molar-refractivity contribution in [1.29, 1.82) is 0 Å². The molecule has 136 valence electrons. The van der Waals surface area contributed by atoms with Crippen LogP contribution in [0.2, 0.25) is 15.1 Å². The molecule has 1 atom stereocenters. The minimum Gasteiger partial charge on any atom is -0.307 e. The van der Waals surface area contributed by atoms with E-state index in [1.165, 1.54) is 6.20 Å². The number of nitrogens with zero attached hydrogens (tertiary/aromatic N) is 4. The second kappa shape index (κ2) is 8.12. The van der Waals surface area contributed by atoms with Gasteiger partial charge in [0.2, 0.25) is 5.91 Å². The summed E-state index contributed by atoms with van der Waals surface area (Å²) in [5, 5.41) is 12.9. The van der Waals surface area contributed by atoms with Gasteiger partial charge in [-0.15, -0.1) is 0 Å². The number of rotatable bonds is 6. The molecular formula is C17H16Cl3N5O. The van der Waals surface area contributed by atoms with Crippen molar-refractivity contribution >= 4 is 46.5 Å². The molecule has 0 aliphatic heterocycles. The monoisotopic (exact) mass is 411 g/mol. The fourth-order valence-electron chi connectivity index (χ4n) is 2.53. The van der Waals surface area contributed by atoms with E-state index in [2.05, 4.69) is 15.5 Å². The molecule has 3 aromatic rings. The topological polar surface area (TPSA) is 64.7 Å². The highest BCUT2D eigenvalue weighted by atomic mass is 35.5. The molecule has 26 heavy (non-hydrogen) atoms. The summed E-state index contributed by atoms with van der Waals surface area (Å²) < 4.78 is 3.23. The Morgan fingerprint density at radius 1 is 1.23 bits per heavy atom. The zero-order valence-corrected chi connectivity index (χ0v) is 16.1. The van der Waals surface area contributed by atoms with Gasteiger partial charge in [0, 0.05) is 28.5 Å². The number of hydrogen-bond acceptors (Lipinski definition) is 3. The predicted molar refractivity (Wildman–Crippen MR) is 103 cm³/mol. The van der Waals surface area contributed by atoms with Gasteiger partial charge in [-0.3, -0.25) is 14.2 Å². The van der Waals surface area contributed by atoms with Crippen LogP contribution in [0.5, 0.6) is 0 Å². The van der Waals surface area contributed by atoms with Gasteiger partial charge in [-0.2, -0.15) is 10.2 Å². The van der Waals surface area contributed by atoms with Crippen molar-refractivity contribution in [3.05, 3.63) is 63.5 Å². The first kappa shape index (κ1) is 18.8. The molecule has 2 aromatic heterocycles. The van der Waals surface area contributed by atoms with E-state index in [-0.39, 0.29) is 5.91 Å². The molecule has 1 amide bonds. The average Bonchev–Trinajstić information content (AvgIpc) is 3.20. The minimum atomic E-state index is -0.460. The van der Waals surface area contributed by atoms with E-state index < -0.39 is 6.04 Å². The van der Waals surface area contributed by atoms with Crippen LogP contribution in [0.15, 0.2) is 42.9 Å². The van der Waals surface area contributed by atoms with Gasteiger partial charge in [-0.1, -0.05) is 47.8 Å². The second-order valence-corrected chi connectivity index (χ2v) is 6.97. The molecule has 1 N–H and O–H groups in total. The van der Waals surface area contributed by atoms with Gasteiger partial charge in [0.25, 0.3) is 0 Å². The van der Waals surface area contributed by atoms with Crippen LogP contribution in [-0.4, -0.2) is 25.5 Å². The Morgan fingerprint density at radius 3 is 2.69 bits per heavy atom. The van der Waals surface area contributed by atoms with Gasteiger partial charge in [-0.05, 0) is 24.1 Å². The highest BCUT2D eigenvalue weighted by molar-refractivity contribution is 6.35. The first-order chi connectivity index (χ1) is 12.5. The van der Waals surface area contributed by atoms with Crippen molar-refractivity contribution in [3.8, 4) is 0 Å². The summed E-state index contributed by atoms with van der Waals surface area (Å²) in [6, 6.07) is 6.57. The van der Waals surface area contributed by atoms with Crippen LogP contribution >= 0.6 is 34.8 Å². The van der Waals surface area contributed by atoms with Crippen molar-refractivity contribution < 1.29 is 4.79 Å². The summed E-state index contributed by atoms with van der Waals surface area (Å²) in [6.45, 7) is 2.37. The van der Waals surface area contributed by atoms with Gasteiger partial charge in [0.15, 0.2) is 5.82 Å². The summed E-state index contributed by atoms with van der Waals surface area (Å²) in [4.78, 5) is 12.5. The van der Waals surface area contributed by atoms with Crippen LogP contribution in [0.1, 0.15) is 24.9 Å². The number of amides is 1. The molecular weight excluding hydrogens is 397 g/mol. The lowest BCUT2D eigenvalue weighted by atomic mass is 10.2. The molecule has 0 aliphatic carbocycles. The van der Waals surface area contributed by atoms with Crippen molar-refractivity contribution in [2.75, 3.05) is 5.32 Å². The molecule has 0 radical (unpaired) electrons. The number of carbonyl (C=O) groups is 1. The van der Waals surface area contributed by atoms with Crippen molar-refractivity contribution in [1.82, 2.24) is 19.6 Å². The first-order valence-corrected chi connectivity index (χ1v) is 9.07. The third-order valence-corrected chi connectivity index (χ3v) is 4.60. The Morgan fingerprint density at radius 2 is 2.04 bits per heavy atom. The van der Waals surface area contributed by atoms with E-state index >= 15 is 0 Å². The van der Waals surface area contributed by atoms with Gasteiger partial charge in [-0.25, -0.2) is 0 Å². The fourth-order valence-corrected chi connectivity index (χ4v) is 3.14. The van der Waals surface area contributed by atoms with Crippen molar-refractivity contribution in [3.63, 3.8) is 0 Å². The zero-order valence-electron chi connectivity index (χ0n) is 13.9. The summed E-state index contributed by atoms with van der Waals surface area (Å²) >= 11 is 18.0. The highest BCUT2D eigenvalue weighted by Gasteiger charge is 2.20. The molecule has 0 spiro atoms. The maximum Gasteiger partial charge on any atom is 0.250 e. The van der Waals surface area contributed by atoms with Crippen LogP contribution in [0, 0.1) is 0 Å². The average molecular weight is 413 g/mol. The third kappa shape index (κ3) is 4.38. The molecule has 1 unspecified atom stereocenters. The number of benzene rings is 1. The summed E-state index contributed by atoms with van der Waals surface area (Å²) in [5.74, 6) is 0.249. The Balaban J connectivity index is 1.68. The van der Waals surface area contributed by atoms with Gasteiger partial charge < -0.3 is 5.32 Å². The SMILES string of the molecule is CCC(C(=O)Nc1ccn(Cc2ccc(Cl)cc2Cl)n1)n1cc(Cl)cn1. The quantitative estimate of drug-likeness (QED) is 0.639. The molecule has 9 heteroatoms. The van der Waals surface area contributed by atoms with Crippen molar-refractivity contribution in [2.45, 2.75) is 25.9 Å². The minimum absolute atomic E-state index is 0.206. The lowest BCUT2D eigenvalue weighted by Gasteiger charge is -2.14.